The zero-order valence-corrected chi connectivity index (χ0v) is 11.7. The van der Waals surface area contributed by atoms with Gasteiger partial charge in [-0.25, -0.2) is 4.39 Å². The molecule has 104 valence electrons. The molecule has 3 heteroatoms. The summed E-state index contributed by atoms with van der Waals surface area (Å²) < 4.78 is 19.4. The van der Waals surface area contributed by atoms with Crippen LogP contribution in [0.25, 0.3) is 0 Å². The van der Waals surface area contributed by atoms with E-state index in [1.165, 1.54) is 23.3 Å². The first-order valence-corrected chi connectivity index (χ1v) is 6.84. The molecule has 2 N–H and O–H groups in total. The Kier molecular flexibility index (Phi) is 3.22. The lowest BCUT2D eigenvalue weighted by molar-refractivity contribution is 0.159. The second-order valence-corrected chi connectivity index (χ2v) is 5.44. The predicted molar refractivity (Wildman–Crippen MR) is 77.2 cm³/mol. The Labute approximate surface area is 118 Å². The molecule has 0 amide bonds. The summed E-state index contributed by atoms with van der Waals surface area (Å²) in [4.78, 5) is 0. The number of aryl methyl sites for hydroxylation is 2. The minimum Gasteiger partial charge on any atom is -0.485 e. The van der Waals surface area contributed by atoms with Gasteiger partial charge in [0.25, 0.3) is 0 Å². The van der Waals surface area contributed by atoms with Gasteiger partial charge in [-0.1, -0.05) is 24.3 Å². The standard InChI is InChI=1S/C17H18FNO/c1-10-4-3-5-11(2)17(10)16-9-14(19)13-7-6-12(18)8-15(13)20-16/h3-8,14,16H,9,19H2,1-2H3. The van der Waals surface area contributed by atoms with Crippen molar-refractivity contribution in [1.29, 1.82) is 0 Å². The molecule has 0 saturated heterocycles. The van der Waals surface area contributed by atoms with Gasteiger partial charge < -0.3 is 10.5 Å². The molecule has 2 nitrogen and oxygen atoms in total. The highest BCUT2D eigenvalue weighted by Crippen LogP contribution is 2.41. The Morgan fingerprint density at radius 3 is 2.55 bits per heavy atom. The summed E-state index contributed by atoms with van der Waals surface area (Å²) in [6.45, 7) is 4.14. The van der Waals surface area contributed by atoms with Crippen LogP contribution in [-0.4, -0.2) is 0 Å². The monoisotopic (exact) mass is 271 g/mol. The fourth-order valence-corrected chi connectivity index (χ4v) is 2.99. The predicted octanol–water partition coefficient (Wildman–Crippen LogP) is 3.97. The van der Waals surface area contributed by atoms with Gasteiger partial charge in [0.1, 0.15) is 17.7 Å². The molecule has 2 aromatic carbocycles. The van der Waals surface area contributed by atoms with Crippen molar-refractivity contribution in [3.63, 3.8) is 0 Å². The smallest absolute Gasteiger partial charge is 0.127 e. The van der Waals surface area contributed by atoms with E-state index in [1.807, 2.05) is 6.07 Å². The third-order valence-corrected chi connectivity index (χ3v) is 3.98. The maximum absolute atomic E-state index is 13.4. The van der Waals surface area contributed by atoms with Crippen molar-refractivity contribution in [2.24, 2.45) is 5.73 Å². The van der Waals surface area contributed by atoms with Gasteiger partial charge in [-0.05, 0) is 36.6 Å². The Morgan fingerprint density at radius 2 is 1.85 bits per heavy atom. The summed E-state index contributed by atoms with van der Waals surface area (Å²) in [6.07, 6.45) is 0.602. The average molecular weight is 271 g/mol. The highest BCUT2D eigenvalue weighted by atomic mass is 19.1. The maximum Gasteiger partial charge on any atom is 0.127 e. The molecule has 2 aromatic rings. The van der Waals surface area contributed by atoms with E-state index in [0.717, 1.165) is 11.1 Å². The van der Waals surface area contributed by atoms with Crippen LogP contribution < -0.4 is 10.5 Å². The fraction of sp³-hybridized carbons (Fsp3) is 0.294. The zero-order valence-electron chi connectivity index (χ0n) is 11.7. The Bertz CT molecular complexity index is 633. The number of fused-ring (bicyclic) bond motifs is 1. The largest absolute Gasteiger partial charge is 0.485 e. The summed E-state index contributed by atoms with van der Waals surface area (Å²) in [7, 11) is 0. The number of hydrogen-bond donors (Lipinski definition) is 1. The fourth-order valence-electron chi connectivity index (χ4n) is 2.99. The van der Waals surface area contributed by atoms with Crippen LogP contribution in [0.3, 0.4) is 0 Å². The number of hydrogen-bond acceptors (Lipinski definition) is 2. The zero-order chi connectivity index (χ0) is 14.3. The van der Waals surface area contributed by atoms with Crippen molar-refractivity contribution >= 4 is 0 Å². The molecular weight excluding hydrogens is 253 g/mol. The molecule has 0 radical (unpaired) electrons. The first kappa shape index (κ1) is 13.1. The summed E-state index contributed by atoms with van der Waals surface area (Å²) in [5, 5.41) is 0. The van der Waals surface area contributed by atoms with Crippen LogP contribution in [0.2, 0.25) is 0 Å². The number of ether oxygens (including phenoxy) is 1. The first-order chi connectivity index (χ1) is 9.56. The molecular formula is C17H18FNO. The van der Waals surface area contributed by atoms with E-state index >= 15 is 0 Å². The molecule has 0 spiro atoms. The Balaban J connectivity index is 2.03. The lowest BCUT2D eigenvalue weighted by Crippen LogP contribution is -2.25. The lowest BCUT2D eigenvalue weighted by Gasteiger charge is -2.32. The second-order valence-electron chi connectivity index (χ2n) is 5.44. The van der Waals surface area contributed by atoms with Crippen LogP contribution >= 0.6 is 0 Å². The van der Waals surface area contributed by atoms with Gasteiger partial charge in [0.2, 0.25) is 0 Å². The molecule has 1 heterocycles. The molecule has 0 saturated carbocycles. The van der Waals surface area contributed by atoms with Crippen molar-refractivity contribution in [3.8, 4) is 5.75 Å². The van der Waals surface area contributed by atoms with E-state index in [1.54, 1.807) is 6.07 Å². The van der Waals surface area contributed by atoms with E-state index in [2.05, 4.69) is 26.0 Å². The lowest BCUT2D eigenvalue weighted by atomic mass is 9.89. The van der Waals surface area contributed by atoms with Gasteiger partial charge in [-0.15, -0.1) is 0 Å². The van der Waals surface area contributed by atoms with E-state index in [-0.39, 0.29) is 18.0 Å². The molecule has 20 heavy (non-hydrogen) atoms. The first-order valence-electron chi connectivity index (χ1n) is 6.84. The van der Waals surface area contributed by atoms with Gasteiger partial charge in [0.15, 0.2) is 0 Å². The van der Waals surface area contributed by atoms with Crippen LogP contribution in [-0.2, 0) is 0 Å². The third-order valence-electron chi connectivity index (χ3n) is 3.98. The molecule has 1 aliphatic rings. The van der Waals surface area contributed by atoms with Gasteiger partial charge in [0, 0.05) is 24.1 Å². The van der Waals surface area contributed by atoms with Gasteiger partial charge in [0.05, 0.1) is 0 Å². The molecule has 0 aromatic heterocycles. The van der Waals surface area contributed by atoms with Crippen LogP contribution in [0, 0.1) is 19.7 Å². The van der Waals surface area contributed by atoms with Crippen LogP contribution in [0.5, 0.6) is 5.75 Å². The van der Waals surface area contributed by atoms with E-state index in [0.29, 0.717) is 12.2 Å². The Morgan fingerprint density at radius 1 is 1.15 bits per heavy atom. The summed E-state index contributed by atoms with van der Waals surface area (Å²) >= 11 is 0. The van der Waals surface area contributed by atoms with Gasteiger partial charge >= 0.3 is 0 Å². The molecule has 3 rings (SSSR count). The molecule has 0 aliphatic carbocycles. The number of benzene rings is 2. The average Bonchev–Trinajstić information content (AvgIpc) is 2.38. The van der Waals surface area contributed by atoms with Crippen LogP contribution in [0.1, 0.15) is 40.8 Å². The summed E-state index contributed by atoms with van der Waals surface area (Å²) in [5.74, 6) is 0.273. The highest BCUT2D eigenvalue weighted by molar-refractivity contribution is 5.42. The molecule has 0 fully saturated rings. The van der Waals surface area contributed by atoms with Crippen molar-refractivity contribution < 1.29 is 9.13 Å². The van der Waals surface area contributed by atoms with E-state index in [4.69, 9.17) is 10.5 Å². The maximum atomic E-state index is 13.4. The minimum atomic E-state index is -0.293. The summed E-state index contributed by atoms with van der Waals surface area (Å²) in [5.41, 5.74) is 10.6. The summed E-state index contributed by atoms with van der Waals surface area (Å²) in [6, 6.07) is 10.6. The highest BCUT2D eigenvalue weighted by Gasteiger charge is 2.29. The number of halogens is 1. The van der Waals surface area contributed by atoms with Crippen molar-refractivity contribution in [3.05, 3.63) is 64.5 Å². The topological polar surface area (TPSA) is 35.2 Å². The minimum absolute atomic E-state index is 0.111. The quantitative estimate of drug-likeness (QED) is 0.852. The van der Waals surface area contributed by atoms with Crippen LogP contribution in [0.4, 0.5) is 4.39 Å². The second kappa shape index (κ2) is 4.91. The van der Waals surface area contributed by atoms with Crippen molar-refractivity contribution in [2.75, 3.05) is 0 Å². The number of rotatable bonds is 1. The number of nitrogens with two attached hydrogens (primary N) is 1. The van der Waals surface area contributed by atoms with Gasteiger partial charge in [-0.2, -0.15) is 0 Å². The third kappa shape index (κ3) is 2.18. The van der Waals surface area contributed by atoms with Crippen molar-refractivity contribution in [1.82, 2.24) is 0 Å². The molecule has 0 bridgehead atoms. The normalized spacial score (nSPS) is 21.2. The molecule has 1 aliphatic heterocycles. The molecule has 2 atom stereocenters. The van der Waals surface area contributed by atoms with E-state index < -0.39 is 0 Å². The van der Waals surface area contributed by atoms with Crippen LogP contribution in [0.15, 0.2) is 36.4 Å². The molecule has 2 unspecified atom stereocenters. The van der Waals surface area contributed by atoms with Crippen molar-refractivity contribution in [2.45, 2.75) is 32.4 Å². The van der Waals surface area contributed by atoms with E-state index in [9.17, 15) is 4.39 Å². The SMILES string of the molecule is Cc1cccc(C)c1C1CC(N)c2ccc(F)cc2O1. The van der Waals surface area contributed by atoms with Gasteiger partial charge in [-0.3, -0.25) is 0 Å². The Hall–Kier alpha value is -1.87.